The van der Waals surface area contributed by atoms with E-state index in [1.807, 2.05) is 52.1 Å². The predicted octanol–water partition coefficient (Wildman–Crippen LogP) is 2.40. The summed E-state index contributed by atoms with van der Waals surface area (Å²) in [6, 6.07) is 11.6. The summed E-state index contributed by atoms with van der Waals surface area (Å²) in [7, 11) is 1.65. The van der Waals surface area contributed by atoms with Gasteiger partial charge in [0.15, 0.2) is 5.66 Å². The van der Waals surface area contributed by atoms with Crippen LogP contribution in [0.1, 0.15) is 37.7 Å². The molecule has 2 aliphatic heterocycles. The molecule has 4 heterocycles. The molecule has 1 saturated heterocycles. The number of amides is 2. The van der Waals surface area contributed by atoms with Crippen molar-refractivity contribution < 1.29 is 18.8 Å². The number of aryl methyl sites for hydroxylation is 1. The van der Waals surface area contributed by atoms with Crippen LogP contribution in [0.4, 0.5) is 0 Å². The number of carbonyl (C=O) groups is 2. The minimum absolute atomic E-state index is 0.0791. The van der Waals surface area contributed by atoms with Crippen LogP contribution in [0.15, 0.2) is 53.4 Å². The standard InChI is InChI=1S/C22H22N4O4/c1-15-18(13-30-23-15)20(27)25-10-11-26-21(28)19-4-3-9-24(19)14-22(25,26)17-7-5-16(6-8-17)12-29-2/h3-9,13H,10-12,14H2,1-2H3. The molecule has 0 N–H and O–H groups in total. The van der Waals surface area contributed by atoms with Gasteiger partial charge in [0.2, 0.25) is 0 Å². The third kappa shape index (κ3) is 2.53. The minimum Gasteiger partial charge on any atom is -0.380 e. The topological polar surface area (TPSA) is 80.8 Å². The van der Waals surface area contributed by atoms with Gasteiger partial charge in [0.25, 0.3) is 11.8 Å². The predicted molar refractivity (Wildman–Crippen MR) is 107 cm³/mol. The van der Waals surface area contributed by atoms with Crippen molar-refractivity contribution in [2.45, 2.75) is 25.7 Å². The fourth-order valence-electron chi connectivity index (χ4n) is 4.63. The van der Waals surface area contributed by atoms with E-state index >= 15 is 0 Å². The zero-order valence-corrected chi connectivity index (χ0v) is 16.9. The maximum Gasteiger partial charge on any atom is 0.272 e. The highest BCUT2D eigenvalue weighted by Gasteiger charge is 2.56. The van der Waals surface area contributed by atoms with E-state index in [1.165, 1.54) is 6.26 Å². The summed E-state index contributed by atoms with van der Waals surface area (Å²) >= 11 is 0. The van der Waals surface area contributed by atoms with Crippen molar-refractivity contribution in [2.24, 2.45) is 0 Å². The Morgan fingerprint density at radius 1 is 1.23 bits per heavy atom. The van der Waals surface area contributed by atoms with Crippen LogP contribution in [0.3, 0.4) is 0 Å². The van der Waals surface area contributed by atoms with Crippen molar-refractivity contribution in [3.63, 3.8) is 0 Å². The molecule has 1 aromatic carbocycles. The molecule has 0 radical (unpaired) electrons. The second-order valence-electron chi connectivity index (χ2n) is 7.70. The van der Waals surface area contributed by atoms with Crippen LogP contribution in [0.2, 0.25) is 0 Å². The van der Waals surface area contributed by atoms with Gasteiger partial charge < -0.3 is 23.6 Å². The van der Waals surface area contributed by atoms with E-state index in [9.17, 15) is 9.59 Å². The number of ether oxygens (including phenoxy) is 1. The van der Waals surface area contributed by atoms with Crippen molar-refractivity contribution in [2.75, 3.05) is 20.2 Å². The molecular weight excluding hydrogens is 384 g/mol. The van der Waals surface area contributed by atoms with Gasteiger partial charge in [-0.2, -0.15) is 0 Å². The molecule has 8 nitrogen and oxygen atoms in total. The Morgan fingerprint density at radius 3 is 2.73 bits per heavy atom. The van der Waals surface area contributed by atoms with Crippen molar-refractivity contribution >= 4 is 11.8 Å². The Hall–Kier alpha value is -3.39. The van der Waals surface area contributed by atoms with Crippen LogP contribution in [-0.4, -0.2) is 51.5 Å². The summed E-state index contributed by atoms with van der Waals surface area (Å²) in [5.41, 5.74) is 2.58. The number of hydrogen-bond donors (Lipinski definition) is 0. The lowest BCUT2D eigenvalue weighted by molar-refractivity contribution is -0.00599. The van der Waals surface area contributed by atoms with Crippen LogP contribution in [0.5, 0.6) is 0 Å². The lowest BCUT2D eigenvalue weighted by Crippen LogP contribution is -2.60. The van der Waals surface area contributed by atoms with Crippen molar-refractivity contribution in [3.05, 3.63) is 76.9 Å². The normalized spacial score (nSPS) is 20.4. The highest BCUT2D eigenvalue weighted by Crippen LogP contribution is 2.43. The lowest BCUT2D eigenvalue weighted by atomic mass is 9.93. The van der Waals surface area contributed by atoms with Crippen LogP contribution >= 0.6 is 0 Å². The van der Waals surface area contributed by atoms with E-state index in [-0.39, 0.29) is 11.8 Å². The Bertz CT molecular complexity index is 1120. The number of carbonyl (C=O) groups excluding carboxylic acids is 2. The zero-order chi connectivity index (χ0) is 20.9. The summed E-state index contributed by atoms with van der Waals surface area (Å²) in [6.07, 6.45) is 3.26. The fraction of sp³-hybridized carbons (Fsp3) is 0.318. The van der Waals surface area contributed by atoms with Gasteiger partial charge in [0, 0.05) is 26.4 Å². The molecule has 1 fully saturated rings. The molecule has 0 aliphatic carbocycles. The van der Waals surface area contributed by atoms with Gasteiger partial charge in [-0.05, 0) is 30.2 Å². The number of rotatable bonds is 4. The number of benzene rings is 1. The van der Waals surface area contributed by atoms with E-state index in [0.29, 0.717) is 43.2 Å². The van der Waals surface area contributed by atoms with Gasteiger partial charge in [-0.15, -0.1) is 0 Å². The van der Waals surface area contributed by atoms with E-state index in [1.54, 1.807) is 18.9 Å². The first-order chi connectivity index (χ1) is 14.6. The first kappa shape index (κ1) is 18.6. The number of hydrogen-bond acceptors (Lipinski definition) is 5. The number of fused-ring (bicyclic) bond motifs is 2. The Morgan fingerprint density at radius 2 is 2.03 bits per heavy atom. The van der Waals surface area contributed by atoms with Crippen molar-refractivity contribution in [1.82, 2.24) is 19.5 Å². The number of methoxy groups -OCH3 is 1. The molecule has 0 saturated carbocycles. The SMILES string of the molecule is COCc1ccc(C23Cn4cccc4C(=O)N2CCN3C(=O)c2conc2C)cc1. The molecule has 3 aromatic rings. The summed E-state index contributed by atoms with van der Waals surface area (Å²) in [5, 5.41) is 3.86. The van der Waals surface area contributed by atoms with Gasteiger partial charge in [-0.1, -0.05) is 29.4 Å². The largest absolute Gasteiger partial charge is 0.380 e. The molecule has 1 unspecified atom stereocenters. The summed E-state index contributed by atoms with van der Waals surface area (Å²) < 4.78 is 12.2. The Balaban J connectivity index is 1.66. The lowest BCUT2D eigenvalue weighted by Gasteiger charge is -2.47. The van der Waals surface area contributed by atoms with Crippen LogP contribution in [-0.2, 0) is 23.6 Å². The average Bonchev–Trinajstić information content (AvgIpc) is 3.47. The molecule has 5 rings (SSSR count). The fourth-order valence-corrected chi connectivity index (χ4v) is 4.63. The maximum absolute atomic E-state index is 13.5. The first-order valence-electron chi connectivity index (χ1n) is 9.84. The van der Waals surface area contributed by atoms with Gasteiger partial charge >= 0.3 is 0 Å². The second-order valence-corrected chi connectivity index (χ2v) is 7.70. The molecule has 8 heteroatoms. The van der Waals surface area contributed by atoms with Gasteiger partial charge in [-0.25, -0.2) is 0 Å². The van der Waals surface area contributed by atoms with Crippen LogP contribution in [0, 0.1) is 6.92 Å². The molecule has 30 heavy (non-hydrogen) atoms. The van der Waals surface area contributed by atoms with Crippen LogP contribution < -0.4 is 0 Å². The van der Waals surface area contributed by atoms with E-state index < -0.39 is 5.66 Å². The highest BCUT2D eigenvalue weighted by atomic mass is 16.5. The summed E-state index contributed by atoms with van der Waals surface area (Å²) in [6.45, 7) is 3.59. The first-order valence-corrected chi connectivity index (χ1v) is 9.84. The smallest absolute Gasteiger partial charge is 0.272 e. The Kier molecular flexibility index (Phi) is 4.25. The third-order valence-corrected chi connectivity index (χ3v) is 6.08. The van der Waals surface area contributed by atoms with Crippen molar-refractivity contribution in [3.8, 4) is 0 Å². The molecular formula is C22H22N4O4. The van der Waals surface area contributed by atoms with Gasteiger partial charge in [-0.3, -0.25) is 9.59 Å². The van der Waals surface area contributed by atoms with Crippen LogP contribution in [0.25, 0.3) is 0 Å². The molecule has 2 aliphatic rings. The summed E-state index contributed by atoms with van der Waals surface area (Å²) in [4.78, 5) is 30.5. The van der Waals surface area contributed by atoms with E-state index in [0.717, 1.165) is 11.1 Å². The Labute approximate surface area is 173 Å². The van der Waals surface area contributed by atoms with Gasteiger partial charge in [0.05, 0.1) is 18.8 Å². The molecule has 2 aromatic heterocycles. The zero-order valence-electron chi connectivity index (χ0n) is 16.9. The molecule has 0 bridgehead atoms. The van der Waals surface area contributed by atoms with E-state index in [4.69, 9.17) is 9.26 Å². The molecule has 154 valence electrons. The average molecular weight is 406 g/mol. The molecule has 2 amide bonds. The number of aromatic nitrogens is 2. The highest BCUT2D eigenvalue weighted by molar-refractivity contribution is 5.98. The third-order valence-electron chi connectivity index (χ3n) is 6.08. The molecule has 0 spiro atoms. The molecule has 1 atom stereocenters. The number of nitrogens with zero attached hydrogens (tertiary/aromatic N) is 4. The van der Waals surface area contributed by atoms with Gasteiger partial charge in [0.1, 0.15) is 17.5 Å². The monoisotopic (exact) mass is 406 g/mol. The summed E-state index contributed by atoms with van der Waals surface area (Å²) in [5.74, 6) is -0.273. The maximum atomic E-state index is 13.5. The quantitative estimate of drug-likeness (QED) is 0.665. The van der Waals surface area contributed by atoms with Crippen molar-refractivity contribution in [1.29, 1.82) is 0 Å². The second kappa shape index (κ2) is 6.84. The minimum atomic E-state index is -0.921. The van der Waals surface area contributed by atoms with E-state index in [2.05, 4.69) is 5.16 Å².